The van der Waals surface area contributed by atoms with Crippen LogP contribution in [0.3, 0.4) is 0 Å². The molecular weight excluding hydrogens is 340 g/mol. The van der Waals surface area contributed by atoms with Crippen molar-refractivity contribution in [3.63, 3.8) is 0 Å². The fourth-order valence-corrected chi connectivity index (χ4v) is 2.40. The summed E-state index contributed by atoms with van der Waals surface area (Å²) in [5.41, 5.74) is 3.94. The molecule has 26 heavy (non-hydrogen) atoms. The Morgan fingerprint density at radius 1 is 1.04 bits per heavy atom. The molecule has 0 radical (unpaired) electrons. The number of carbonyl (C=O) groups excluding carboxylic acids is 2. The molecule has 0 spiro atoms. The molecule has 146 valence electrons. The molecular formula is C17H28N4O5. The summed E-state index contributed by atoms with van der Waals surface area (Å²) in [6.45, 7) is 1.53. The summed E-state index contributed by atoms with van der Waals surface area (Å²) in [6, 6.07) is 8.29. The van der Waals surface area contributed by atoms with E-state index >= 15 is 0 Å². The monoisotopic (exact) mass is 368 g/mol. The first-order chi connectivity index (χ1) is 12.3. The number of hydrogen-bond donors (Lipinski definition) is 5. The van der Waals surface area contributed by atoms with Crippen molar-refractivity contribution in [3.05, 3.63) is 35.9 Å². The molecule has 0 aliphatic heterocycles. The normalized spacial score (nSPS) is 12.7. The van der Waals surface area contributed by atoms with Crippen LogP contribution in [0.2, 0.25) is 0 Å². The summed E-state index contributed by atoms with van der Waals surface area (Å²) in [6.07, 6.45) is 0.752. The molecule has 1 atom stereocenters. The number of hydrogen-bond acceptors (Lipinski definition) is 8. The average molecular weight is 368 g/mol. The van der Waals surface area contributed by atoms with Gasteiger partial charge in [-0.15, -0.1) is 0 Å². The number of nitrogens with zero attached hydrogens (tertiary/aromatic N) is 1. The predicted molar refractivity (Wildman–Crippen MR) is 96.3 cm³/mol. The average Bonchev–Trinajstić information content (AvgIpc) is 2.57. The minimum absolute atomic E-state index is 0.0447. The van der Waals surface area contributed by atoms with Gasteiger partial charge in [-0.25, -0.2) is 0 Å². The summed E-state index contributed by atoms with van der Waals surface area (Å²) >= 11 is 0. The van der Waals surface area contributed by atoms with Gasteiger partial charge in [0.15, 0.2) is 17.1 Å². The standard InChI is InChI=1S/C13H20N4O3.C4H8O2/c14-8-6-11(19)13(17(15)16,12(20)7-9-18)10-4-2-1-3-5-10;1-2-3-4(5)6/h1-5,18H,6-9,14-16H2;2-3H2,1H3,(H,5,6). The summed E-state index contributed by atoms with van der Waals surface area (Å²) in [5.74, 6) is 9.46. The maximum Gasteiger partial charge on any atom is 0.303 e. The molecule has 0 heterocycles. The van der Waals surface area contributed by atoms with E-state index in [2.05, 4.69) is 0 Å². The number of carboxylic acids is 1. The summed E-state index contributed by atoms with van der Waals surface area (Å²) in [5, 5.41) is 17.5. The van der Waals surface area contributed by atoms with E-state index in [9.17, 15) is 14.4 Å². The molecule has 0 aromatic heterocycles. The number of aliphatic carboxylic acids is 1. The zero-order valence-electron chi connectivity index (χ0n) is 14.9. The third-order valence-electron chi connectivity index (χ3n) is 3.56. The molecule has 0 aliphatic carbocycles. The van der Waals surface area contributed by atoms with E-state index in [0.29, 0.717) is 17.1 Å². The van der Waals surface area contributed by atoms with E-state index in [1.165, 1.54) is 0 Å². The van der Waals surface area contributed by atoms with E-state index in [-0.39, 0.29) is 19.4 Å². The van der Waals surface area contributed by atoms with Crippen LogP contribution in [0.1, 0.15) is 38.2 Å². The first-order valence-electron chi connectivity index (χ1n) is 8.23. The van der Waals surface area contributed by atoms with Crippen molar-refractivity contribution < 1.29 is 24.6 Å². The SMILES string of the molecule is CCCC(=O)O.NCCC(=O)C(C(=O)CCO)(c1ccccc1)N(N)N. The Hall–Kier alpha value is -2.17. The van der Waals surface area contributed by atoms with Gasteiger partial charge < -0.3 is 15.9 Å². The van der Waals surface area contributed by atoms with Crippen molar-refractivity contribution in [2.45, 2.75) is 38.1 Å². The smallest absolute Gasteiger partial charge is 0.303 e. The van der Waals surface area contributed by atoms with Crippen LogP contribution in [0.15, 0.2) is 30.3 Å². The Labute approximate surface area is 152 Å². The zero-order valence-corrected chi connectivity index (χ0v) is 14.9. The van der Waals surface area contributed by atoms with Crippen molar-refractivity contribution in [1.29, 1.82) is 0 Å². The van der Waals surface area contributed by atoms with Crippen molar-refractivity contribution in [3.8, 4) is 0 Å². The minimum atomic E-state index is -1.82. The molecule has 0 bridgehead atoms. The lowest BCUT2D eigenvalue weighted by Crippen LogP contribution is -2.63. The molecule has 1 rings (SSSR count). The highest BCUT2D eigenvalue weighted by Crippen LogP contribution is 2.29. The second-order valence-electron chi connectivity index (χ2n) is 5.49. The lowest BCUT2D eigenvalue weighted by molar-refractivity contribution is -0.146. The third kappa shape index (κ3) is 6.28. The number of aliphatic hydroxyl groups is 1. The van der Waals surface area contributed by atoms with E-state index in [4.69, 9.17) is 27.6 Å². The van der Waals surface area contributed by atoms with Crippen LogP contribution in [-0.4, -0.2) is 46.0 Å². The van der Waals surface area contributed by atoms with Crippen LogP contribution < -0.4 is 17.4 Å². The molecule has 1 aromatic rings. The summed E-state index contributed by atoms with van der Waals surface area (Å²) in [4.78, 5) is 34.4. The van der Waals surface area contributed by atoms with Crippen molar-refractivity contribution in [2.75, 3.05) is 13.2 Å². The fourth-order valence-electron chi connectivity index (χ4n) is 2.40. The molecule has 0 fully saturated rings. The molecule has 1 aromatic carbocycles. The number of rotatable bonds is 10. The van der Waals surface area contributed by atoms with Crippen LogP contribution in [0.5, 0.6) is 0 Å². The molecule has 8 N–H and O–H groups in total. The fraction of sp³-hybridized carbons (Fsp3) is 0.471. The van der Waals surface area contributed by atoms with Gasteiger partial charge in [0.1, 0.15) is 0 Å². The molecule has 9 nitrogen and oxygen atoms in total. The third-order valence-corrected chi connectivity index (χ3v) is 3.56. The summed E-state index contributed by atoms with van der Waals surface area (Å²) in [7, 11) is 0. The quantitative estimate of drug-likeness (QED) is 0.210. The van der Waals surface area contributed by atoms with Gasteiger partial charge in [-0.3, -0.25) is 26.1 Å². The Morgan fingerprint density at radius 3 is 1.92 bits per heavy atom. The van der Waals surface area contributed by atoms with Crippen LogP contribution in [0, 0.1) is 0 Å². The number of benzene rings is 1. The number of Topliss-reactive ketones (excluding diaryl/α,β-unsaturated/α-hetero) is 2. The molecule has 0 amide bonds. The van der Waals surface area contributed by atoms with Gasteiger partial charge in [0.2, 0.25) is 0 Å². The number of carbonyl (C=O) groups is 3. The maximum absolute atomic E-state index is 12.4. The van der Waals surface area contributed by atoms with Crippen LogP contribution in [0.4, 0.5) is 0 Å². The molecule has 0 aliphatic rings. The number of aliphatic hydroxyl groups excluding tert-OH is 1. The number of carboxylic acid groups (broad SMARTS) is 1. The molecule has 1 unspecified atom stereocenters. The van der Waals surface area contributed by atoms with Crippen LogP contribution in [-0.2, 0) is 19.9 Å². The van der Waals surface area contributed by atoms with Crippen molar-refractivity contribution in [2.24, 2.45) is 17.4 Å². The van der Waals surface area contributed by atoms with Gasteiger partial charge in [-0.2, -0.15) is 5.12 Å². The van der Waals surface area contributed by atoms with Crippen LogP contribution in [0.25, 0.3) is 0 Å². The van der Waals surface area contributed by atoms with Crippen LogP contribution >= 0.6 is 0 Å². The van der Waals surface area contributed by atoms with Gasteiger partial charge in [0.05, 0.1) is 6.61 Å². The number of ketones is 2. The van der Waals surface area contributed by atoms with E-state index in [1.54, 1.807) is 30.3 Å². The first-order valence-corrected chi connectivity index (χ1v) is 8.23. The lowest BCUT2D eigenvalue weighted by atomic mass is 9.79. The van der Waals surface area contributed by atoms with Gasteiger partial charge >= 0.3 is 5.97 Å². The Kier molecular flexibility index (Phi) is 11.2. The Balaban J connectivity index is 0.000000896. The van der Waals surface area contributed by atoms with Crippen molar-refractivity contribution >= 4 is 17.5 Å². The van der Waals surface area contributed by atoms with Gasteiger partial charge in [0.25, 0.3) is 0 Å². The Bertz CT molecular complexity index is 560. The first kappa shape index (κ1) is 23.8. The largest absolute Gasteiger partial charge is 0.481 e. The molecule has 9 heteroatoms. The van der Waals surface area contributed by atoms with Crippen molar-refractivity contribution in [1.82, 2.24) is 5.12 Å². The van der Waals surface area contributed by atoms with Gasteiger partial charge in [-0.05, 0) is 18.5 Å². The molecule has 0 saturated heterocycles. The highest BCUT2D eigenvalue weighted by atomic mass is 16.4. The predicted octanol–water partition coefficient (Wildman–Crippen LogP) is -0.328. The van der Waals surface area contributed by atoms with E-state index < -0.39 is 29.7 Å². The second-order valence-corrected chi connectivity index (χ2v) is 5.49. The van der Waals surface area contributed by atoms with Gasteiger partial charge in [-0.1, -0.05) is 37.3 Å². The highest BCUT2D eigenvalue weighted by molar-refractivity contribution is 6.12. The number of nitrogens with two attached hydrogens (primary N) is 3. The highest BCUT2D eigenvalue weighted by Gasteiger charge is 2.49. The maximum atomic E-state index is 12.4. The minimum Gasteiger partial charge on any atom is -0.481 e. The lowest BCUT2D eigenvalue weighted by Gasteiger charge is -2.36. The van der Waals surface area contributed by atoms with Gasteiger partial charge in [0, 0.05) is 19.3 Å². The molecule has 0 saturated carbocycles. The number of hydrazine groups is 2. The zero-order chi connectivity index (χ0) is 20.2. The second kappa shape index (κ2) is 12.2. The topological polar surface area (TPSA) is 173 Å². The van der Waals surface area contributed by atoms with E-state index in [0.717, 1.165) is 6.42 Å². The summed E-state index contributed by atoms with van der Waals surface area (Å²) < 4.78 is 0. The van der Waals surface area contributed by atoms with E-state index in [1.807, 2.05) is 6.92 Å². The Morgan fingerprint density at radius 2 is 1.58 bits per heavy atom.